The summed E-state index contributed by atoms with van der Waals surface area (Å²) in [6.45, 7) is 1.90. The lowest BCUT2D eigenvalue weighted by Crippen LogP contribution is -2.36. The van der Waals surface area contributed by atoms with E-state index in [0.29, 0.717) is 24.2 Å². The van der Waals surface area contributed by atoms with Gasteiger partial charge in [-0.1, -0.05) is 5.16 Å². The predicted octanol–water partition coefficient (Wildman–Crippen LogP) is 2.07. The van der Waals surface area contributed by atoms with E-state index in [9.17, 15) is 9.18 Å². The van der Waals surface area contributed by atoms with Crippen LogP contribution in [0.5, 0.6) is 5.75 Å². The van der Waals surface area contributed by atoms with Gasteiger partial charge in [-0.05, 0) is 25.1 Å². The molecule has 7 heteroatoms. The number of benzene rings is 1. The molecule has 1 aromatic rings. The molecule has 2 atom stereocenters. The Labute approximate surface area is 127 Å². The summed E-state index contributed by atoms with van der Waals surface area (Å²) in [6, 6.07) is 4.60. The number of carbonyl (C=O) groups is 1. The fourth-order valence-corrected chi connectivity index (χ4v) is 1.99. The van der Waals surface area contributed by atoms with Crippen LogP contribution in [0.1, 0.15) is 18.9 Å². The number of halogens is 2. The van der Waals surface area contributed by atoms with Crippen LogP contribution in [0, 0.1) is 5.82 Å². The highest BCUT2D eigenvalue weighted by Crippen LogP contribution is 2.22. The molecule has 0 radical (unpaired) electrons. The molecule has 2 unspecified atom stereocenters. The Morgan fingerprint density at radius 2 is 2.43 bits per heavy atom. The summed E-state index contributed by atoms with van der Waals surface area (Å²) in [4.78, 5) is 16.6. The van der Waals surface area contributed by atoms with Gasteiger partial charge >= 0.3 is 0 Å². The second kappa shape index (κ2) is 6.76. The molecule has 0 saturated heterocycles. The average Bonchev–Trinajstić information content (AvgIpc) is 2.93. The van der Waals surface area contributed by atoms with Gasteiger partial charge in [0.2, 0.25) is 5.91 Å². The van der Waals surface area contributed by atoms with Gasteiger partial charge in [0.15, 0.2) is 11.6 Å². The van der Waals surface area contributed by atoms with Crippen LogP contribution in [0.25, 0.3) is 0 Å². The summed E-state index contributed by atoms with van der Waals surface area (Å²) in [5.74, 6) is -0.534. The Kier molecular flexibility index (Phi) is 5.01. The normalized spacial score (nSPS) is 18.7. The Bertz CT molecular complexity index is 563. The van der Waals surface area contributed by atoms with Crippen LogP contribution < -0.4 is 10.1 Å². The predicted molar refractivity (Wildman–Crippen MR) is 77.3 cm³/mol. The van der Waals surface area contributed by atoms with E-state index in [1.54, 1.807) is 13.0 Å². The quantitative estimate of drug-likeness (QED) is 0.846. The van der Waals surface area contributed by atoms with Crippen molar-refractivity contribution >= 4 is 23.2 Å². The minimum atomic E-state index is -0.595. The molecule has 1 aromatic carbocycles. The summed E-state index contributed by atoms with van der Waals surface area (Å²) >= 11 is 5.65. The van der Waals surface area contributed by atoms with Gasteiger partial charge in [-0.2, -0.15) is 0 Å². The van der Waals surface area contributed by atoms with Crippen molar-refractivity contribution in [1.82, 2.24) is 5.32 Å². The number of methoxy groups -OCH3 is 1. The minimum absolute atomic E-state index is 0.179. The van der Waals surface area contributed by atoms with Gasteiger partial charge in [0.05, 0.1) is 19.4 Å². The van der Waals surface area contributed by atoms with Crippen LogP contribution in [-0.4, -0.2) is 36.8 Å². The van der Waals surface area contributed by atoms with Crippen molar-refractivity contribution in [2.75, 3.05) is 13.7 Å². The van der Waals surface area contributed by atoms with E-state index in [1.807, 2.05) is 0 Å². The number of alkyl halides is 1. The minimum Gasteiger partial charge on any atom is -0.494 e. The molecule has 0 fully saturated rings. The van der Waals surface area contributed by atoms with Gasteiger partial charge in [-0.15, -0.1) is 11.6 Å². The smallest absolute Gasteiger partial charge is 0.237 e. The Balaban J connectivity index is 1.93. The molecule has 1 N–H and O–H groups in total. The number of nitrogens with one attached hydrogen (secondary N) is 1. The number of carbonyl (C=O) groups excluding carboxylic acids is 1. The molecular weight excluding hydrogens is 299 g/mol. The summed E-state index contributed by atoms with van der Waals surface area (Å²) in [5.41, 5.74) is 1.27. The van der Waals surface area contributed by atoms with Crippen molar-refractivity contribution in [3.8, 4) is 5.75 Å². The van der Waals surface area contributed by atoms with Gasteiger partial charge < -0.3 is 14.9 Å². The van der Waals surface area contributed by atoms with Crippen LogP contribution >= 0.6 is 11.6 Å². The Morgan fingerprint density at radius 1 is 1.67 bits per heavy atom. The topological polar surface area (TPSA) is 59.9 Å². The van der Waals surface area contributed by atoms with Crippen LogP contribution in [0.15, 0.2) is 23.4 Å². The highest BCUT2D eigenvalue weighted by molar-refractivity contribution is 6.30. The summed E-state index contributed by atoms with van der Waals surface area (Å²) in [5, 5.41) is 6.00. The summed E-state index contributed by atoms with van der Waals surface area (Å²) in [6.07, 6.45) is 0.215. The van der Waals surface area contributed by atoms with Crippen molar-refractivity contribution in [2.45, 2.75) is 24.8 Å². The van der Waals surface area contributed by atoms with Crippen LogP contribution in [0.4, 0.5) is 4.39 Å². The zero-order valence-corrected chi connectivity index (χ0v) is 12.5. The number of hydrogen-bond donors (Lipinski definition) is 1. The number of ether oxygens (including phenoxy) is 1. The van der Waals surface area contributed by atoms with Crippen LogP contribution in [-0.2, 0) is 9.63 Å². The lowest BCUT2D eigenvalue weighted by molar-refractivity contribution is -0.121. The number of oxime groups is 1. The first-order valence-electron chi connectivity index (χ1n) is 6.49. The van der Waals surface area contributed by atoms with Gasteiger partial charge in [0.25, 0.3) is 0 Å². The third-order valence-electron chi connectivity index (χ3n) is 3.08. The van der Waals surface area contributed by atoms with Crippen molar-refractivity contribution < 1.29 is 18.8 Å². The van der Waals surface area contributed by atoms with E-state index in [4.69, 9.17) is 21.2 Å². The summed E-state index contributed by atoms with van der Waals surface area (Å²) < 4.78 is 18.5. The van der Waals surface area contributed by atoms with Crippen LogP contribution in [0.2, 0.25) is 0 Å². The molecule has 1 aliphatic heterocycles. The highest BCUT2D eigenvalue weighted by atomic mass is 35.5. The molecule has 114 valence electrons. The van der Waals surface area contributed by atoms with Crippen LogP contribution in [0.3, 0.4) is 0 Å². The largest absolute Gasteiger partial charge is 0.494 e. The number of hydrogen-bond acceptors (Lipinski definition) is 4. The zero-order valence-electron chi connectivity index (χ0n) is 11.7. The Morgan fingerprint density at radius 3 is 3.05 bits per heavy atom. The first-order valence-corrected chi connectivity index (χ1v) is 6.93. The molecule has 2 rings (SSSR count). The molecule has 1 heterocycles. The Hall–Kier alpha value is -1.82. The lowest BCUT2D eigenvalue weighted by atomic mass is 10.0. The first-order chi connectivity index (χ1) is 10.0. The monoisotopic (exact) mass is 314 g/mol. The number of amides is 1. The second-order valence-corrected chi connectivity index (χ2v) is 5.33. The fraction of sp³-hybridized carbons (Fsp3) is 0.429. The van der Waals surface area contributed by atoms with Gasteiger partial charge in [-0.25, -0.2) is 4.39 Å². The molecular formula is C14H16ClFN2O3. The van der Waals surface area contributed by atoms with E-state index in [1.165, 1.54) is 19.2 Å². The maximum atomic E-state index is 13.7. The van der Waals surface area contributed by atoms with Gasteiger partial charge in [-0.3, -0.25) is 4.79 Å². The molecule has 0 aromatic heterocycles. The number of rotatable bonds is 5. The van der Waals surface area contributed by atoms with E-state index >= 15 is 0 Å². The number of nitrogens with zero attached hydrogens (tertiary/aromatic N) is 1. The van der Waals surface area contributed by atoms with E-state index in [0.717, 1.165) is 0 Å². The van der Waals surface area contributed by atoms with Crippen molar-refractivity contribution in [1.29, 1.82) is 0 Å². The average molecular weight is 315 g/mol. The van der Waals surface area contributed by atoms with Crippen molar-refractivity contribution in [3.05, 3.63) is 29.6 Å². The molecule has 1 aliphatic rings. The zero-order chi connectivity index (χ0) is 15.4. The molecule has 5 nitrogen and oxygen atoms in total. The van der Waals surface area contributed by atoms with Gasteiger partial charge in [0.1, 0.15) is 11.5 Å². The maximum absolute atomic E-state index is 13.7. The molecule has 1 amide bonds. The first kappa shape index (κ1) is 15.6. The van der Waals surface area contributed by atoms with E-state index in [2.05, 4.69) is 10.5 Å². The molecule has 0 spiro atoms. The third-order valence-corrected chi connectivity index (χ3v) is 3.28. The lowest BCUT2D eigenvalue weighted by Gasteiger charge is -2.10. The molecule has 0 aliphatic carbocycles. The summed E-state index contributed by atoms with van der Waals surface area (Å²) in [7, 11) is 1.41. The van der Waals surface area contributed by atoms with E-state index < -0.39 is 11.2 Å². The van der Waals surface area contributed by atoms with Gasteiger partial charge in [0, 0.05) is 12.0 Å². The van der Waals surface area contributed by atoms with Crippen molar-refractivity contribution in [3.63, 3.8) is 0 Å². The van der Waals surface area contributed by atoms with E-state index in [-0.39, 0.29) is 17.8 Å². The standard InChI is InChI=1S/C14H16ClFN2O3/c1-8(15)14(19)17-7-10-6-12(18-21-10)9-3-4-13(20-2)11(16)5-9/h3-5,8,10H,6-7H2,1-2H3,(H,17,19). The maximum Gasteiger partial charge on any atom is 0.237 e. The second-order valence-electron chi connectivity index (χ2n) is 4.68. The highest BCUT2D eigenvalue weighted by Gasteiger charge is 2.24. The van der Waals surface area contributed by atoms with Crippen molar-refractivity contribution in [2.24, 2.45) is 5.16 Å². The molecule has 0 saturated carbocycles. The molecule has 0 bridgehead atoms. The fourth-order valence-electron chi connectivity index (χ4n) is 1.91. The SMILES string of the molecule is COc1ccc(C2=NOC(CNC(=O)C(C)Cl)C2)cc1F. The third kappa shape index (κ3) is 3.85. The molecule has 21 heavy (non-hydrogen) atoms.